The third-order valence-electron chi connectivity index (χ3n) is 4.29. The molecule has 3 N–H and O–H groups in total. The van der Waals surface area contributed by atoms with Crippen LogP contribution in [0.2, 0.25) is 15.1 Å². The summed E-state index contributed by atoms with van der Waals surface area (Å²) in [6.45, 7) is 1.83. The maximum absolute atomic E-state index is 9.59. The van der Waals surface area contributed by atoms with Crippen molar-refractivity contribution in [2.24, 2.45) is 5.73 Å². The number of halogens is 3. The number of hydrogen-bond acceptors (Lipinski definition) is 5. The van der Waals surface area contributed by atoms with Crippen LogP contribution in [-0.2, 0) is 0 Å². The number of nitrogens with zero attached hydrogens (tertiary/aromatic N) is 2. The zero-order valence-corrected chi connectivity index (χ0v) is 16.1. The number of aryl methyl sites for hydroxylation is 1. The number of benzene rings is 1. The van der Waals surface area contributed by atoms with E-state index in [2.05, 4.69) is 16.3 Å². The Morgan fingerprint density at radius 1 is 1.22 bits per heavy atom. The molecule has 1 aliphatic rings. The van der Waals surface area contributed by atoms with Crippen LogP contribution in [0.3, 0.4) is 0 Å². The first kappa shape index (κ1) is 17.8. The van der Waals surface area contributed by atoms with Gasteiger partial charge in [-0.2, -0.15) is 5.26 Å². The van der Waals surface area contributed by atoms with Crippen molar-refractivity contribution in [3.63, 3.8) is 0 Å². The summed E-state index contributed by atoms with van der Waals surface area (Å²) in [4.78, 5) is 0. The Morgan fingerprint density at radius 2 is 1.93 bits per heavy atom. The average Bonchev–Trinajstić information content (AvgIpc) is 3.20. The number of aromatic nitrogens is 2. The largest absolute Gasteiger partial charge is 0.460 e. The monoisotopic (exact) mass is 420 g/mol. The van der Waals surface area contributed by atoms with Crippen molar-refractivity contribution in [2.75, 3.05) is 0 Å². The molecule has 3 heterocycles. The predicted molar refractivity (Wildman–Crippen MR) is 102 cm³/mol. The summed E-state index contributed by atoms with van der Waals surface area (Å²) < 4.78 is 11.5. The molecule has 0 spiro atoms. The highest BCUT2D eigenvalue weighted by atomic mass is 35.5. The molecule has 1 aliphatic heterocycles. The van der Waals surface area contributed by atoms with E-state index in [4.69, 9.17) is 49.7 Å². The smallest absolute Gasteiger partial charge is 0.244 e. The highest BCUT2D eigenvalue weighted by Gasteiger charge is 2.36. The minimum absolute atomic E-state index is 0.0120. The molecular weight excluding hydrogens is 411 g/mol. The molecule has 0 amide bonds. The van der Waals surface area contributed by atoms with Gasteiger partial charge in [-0.05, 0) is 31.2 Å². The van der Waals surface area contributed by atoms with Crippen molar-refractivity contribution in [2.45, 2.75) is 12.8 Å². The lowest BCUT2D eigenvalue weighted by Crippen LogP contribution is -2.20. The van der Waals surface area contributed by atoms with Gasteiger partial charge in [0.15, 0.2) is 0 Å². The summed E-state index contributed by atoms with van der Waals surface area (Å²) in [5, 5.41) is 17.7. The summed E-state index contributed by atoms with van der Waals surface area (Å²) in [6.07, 6.45) is 0. The molecule has 0 bridgehead atoms. The Bertz CT molecular complexity index is 1120. The van der Waals surface area contributed by atoms with Crippen LogP contribution in [0, 0.1) is 18.3 Å². The Balaban J connectivity index is 1.87. The lowest BCUT2D eigenvalue weighted by Gasteiger charge is -2.21. The van der Waals surface area contributed by atoms with E-state index in [9.17, 15) is 5.26 Å². The number of furan rings is 1. The molecule has 0 saturated heterocycles. The summed E-state index contributed by atoms with van der Waals surface area (Å²) in [5.41, 5.74) is 8.09. The number of rotatable bonds is 2. The fraction of sp³-hybridized carbons (Fsp3) is 0.111. The van der Waals surface area contributed by atoms with Gasteiger partial charge in [-0.25, -0.2) is 0 Å². The van der Waals surface area contributed by atoms with Gasteiger partial charge in [0, 0.05) is 10.7 Å². The molecule has 4 rings (SSSR count). The number of hydrogen-bond donors (Lipinski definition) is 2. The zero-order chi connectivity index (χ0) is 19.3. The molecule has 3 aromatic rings. The minimum atomic E-state index is -0.559. The average molecular weight is 422 g/mol. The third kappa shape index (κ3) is 2.85. The Morgan fingerprint density at radius 3 is 2.59 bits per heavy atom. The summed E-state index contributed by atoms with van der Waals surface area (Å²) in [6, 6.07) is 8.73. The molecule has 0 aliphatic carbocycles. The first-order valence-corrected chi connectivity index (χ1v) is 8.91. The lowest BCUT2D eigenvalue weighted by molar-refractivity contribution is 0.371. The molecule has 9 heteroatoms. The Hall–Kier alpha value is -2.59. The number of ether oxygens (including phenoxy) is 1. The number of aromatic amines is 1. The van der Waals surface area contributed by atoms with Gasteiger partial charge >= 0.3 is 0 Å². The van der Waals surface area contributed by atoms with Crippen LogP contribution in [-0.4, -0.2) is 10.2 Å². The fourth-order valence-corrected chi connectivity index (χ4v) is 4.11. The Kier molecular flexibility index (Phi) is 4.31. The van der Waals surface area contributed by atoms with Gasteiger partial charge in [0.05, 0.1) is 27.1 Å². The van der Waals surface area contributed by atoms with Crippen LogP contribution in [0.5, 0.6) is 5.88 Å². The zero-order valence-electron chi connectivity index (χ0n) is 13.8. The van der Waals surface area contributed by atoms with E-state index < -0.39 is 5.92 Å². The lowest BCUT2D eigenvalue weighted by atomic mass is 9.88. The van der Waals surface area contributed by atoms with E-state index in [1.165, 1.54) is 0 Å². The van der Waals surface area contributed by atoms with Gasteiger partial charge in [0.25, 0.3) is 0 Å². The van der Waals surface area contributed by atoms with Gasteiger partial charge in [-0.1, -0.05) is 34.8 Å². The highest BCUT2D eigenvalue weighted by Crippen LogP contribution is 2.45. The van der Waals surface area contributed by atoms with Crippen LogP contribution >= 0.6 is 34.8 Å². The number of allylic oxidation sites excluding steroid dienone is 1. The molecule has 6 nitrogen and oxygen atoms in total. The third-order valence-corrected chi connectivity index (χ3v) is 5.11. The summed E-state index contributed by atoms with van der Waals surface area (Å²) >= 11 is 18.5. The molecule has 1 atom stereocenters. The molecule has 1 unspecified atom stereocenters. The Labute approximate surface area is 169 Å². The van der Waals surface area contributed by atoms with E-state index in [-0.39, 0.29) is 11.5 Å². The standard InChI is InChI=1S/C18H11Cl3N4O2/c1-7-14-15(9(6-22)17(23)27-18(14)25-24-7)12-2-3-13(26-12)16-10(20)4-8(19)5-11(16)21/h2-5,15H,23H2,1H3,(H,24,25). The number of nitrogens with two attached hydrogens (primary N) is 1. The highest BCUT2D eigenvalue weighted by molar-refractivity contribution is 6.41. The maximum Gasteiger partial charge on any atom is 0.244 e. The summed E-state index contributed by atoms with van der Waals surface area (Å²) in [7, 11) is 0. The number of nitrogens with one attached hydrogen (secondary N) is 1. The molecule has 0 radical (unpaired) electrons. The second-order valence-corrected chi connectivity index (χ2v) is 7.19. The fourth-order valence-electron chi connectivity index (χ4n) is 3.10. The van der Waals surface area contributed by atoms with Crippen LogP contribution in [0.1, 0.15) is 22.9 Å². The van der Waals surface area contributed by atoms with Gasteiger partial charge in [0.1, 0.15) is 23.2 Å². The van der Waals surface area contributed by atoms with Crippen LogP contribution < -0.4 is 10.5 Å². The maximum atomic E-state index is 9.59. The van der Waals surface area contributed by atoms with Crippen molar-refractivity contribution in [1.82, 2.24) is 10.2 Å². The molecule has 0 fully saturated rings. The number of H-pyrrole nitrogens is 1. The van der Waals surface area contributed by atoms with Gasteiger partial charge in [-0.15, -0.1) is 5.10 Å². The predicted octanol–water partition coefficient (Wildman–Crippen LogP) is 5.16. The second-order valence-electron chi connectivity index (χ2n) is 5.94. The van der Waals surface area contributed by atoms with Gasteiger partial charge < -0.3 is 14.9 Å². The van der Waals surface area contributed by atoms with E-state index in [1.807, 2.05) is 6.92 Å². The quantitative estimate of drug-likeness (QED) is 0.595. The molecule has 136 valence electrons. The second kappa shape index (κ2) is 6.54. The van der Waals surface area contributed by atoms with Gasteiger partial charge in [-0.3, -0.25) is 5.10 Å². The molecular formula is C18H11Cl3N4O2. The van der Waals surface area contributed by atoms with E-state index in [1.54, 1.807) is 24.3 Å². The molecule has 1 aromatic carbocycles. The first-order chi connectivity index (χ1) is 12.9. The molecule has 27 heavy (non-hydrogen) atoms. The van der Waals surface area contributed by atoms with Crippen LogP contribution in [0.15, 0.2) is 40.1 Å². The van der Waals surface area contributed by atoms with Crippen molar-refractivity contribution < 1.29 is 9.15 Å². The first-order valence-electron chi connectivity index (χ1n) is 7.77. The number of fused-ring (bicyclic) bond motifs is 1. The normalized spacial score (nSPS) is 16.0. The van der Waals surface area contributed by atoms with Crippen molar-refractivity contribution in [3.05, 3.63) is 67.8 Å². The van der Waals surface area contributed by atoms with E-state index >= 15 is 0 Å². The molecule has 2 aromatic heterocycles. The molecule has 0 saturated carbocycles. The van der Waals surface area contributed by atoms with Crippen molar-refractivity contribution in [3.8, 4) is 23.3 Å². The van der Waals surface area contributed by atoms with E-state index in [0.717, 1.165) is 5.69 Å². The van der Waals surface area contributed by atoms with E-state index in [0.29, 0.717) is 43.6 Å². The van der Waals surface area contributed by atoms with Crippen molar-refractivity contribution >= 4 is 34.8 Å². The van der Waals surface area contributed by atoms with Crippen LogP contribution in [0.25, 0.3) is 11.3 Å². The minimum Gasteiger partial charge on any atom is -0.460 e. The van der Waals surface area contributed by atoms with Crippen LogP contribution in [0.4, 0.5) is 0 Å². The van der Waals surface area contributed by atoms with Gasteiger partial charge in [0.2, 0.25) is 11.8 Å². The topological polar surface area (TPSA) is 101 Å². The summed E-state index contributed by atoms with van der Waals surface area (Å²) in [5.74, 6) is 0.676. The van der Waals surface area contributed by atoms with Crippen molar-refractivity contribution in [1.29, 1.82) is 5.26 Å². The SMILES string of the molecule is Cc1[nH]nc2c1C(c1ccc(-c3c(Cl)cc(Cl)cc3Cl)o1)C(C#N)=C(N)O2. The number of nitriles is 1.